The number of rotatable bonds is 6. The van der Waals surface area contributed by atoms with Gasteiger partial charge < -0.3 is 14.6 Å². The van der Waals surface area contributed by atoms with Crippen LogP contribution in [0.1, 0.15) is 19.3 Å². The Balaban J connectivity index is 1.50. The minimum absolute atomic E-state index is 0.00571. The van der Waals surface area contributed by atoms with Gasteiger partial charge in [0.15, 0.2) is 0 Å². The predicted octanol–water partition coefficient (Wildman–Crippen LogP) is 1.78. The Morgan fingerprint density at radius 3 is 2.76 bits per heavy atom. The van der Waals surface area contributed by atoms with Gasteiger partial charge in [0.05, 0.1) is 13.5 Å². The average molecular weight is 343 g/mol. The third-order valence-electron chi connectivity index (χ3n) is 5.14. The molecule has 1 aromatic heterocycles. The number of benzene rings is 1. The van der Waals surface area contributed by atoms with E-state index in [4.69, 9.17) is 4.74 Å². The summed E-state index contributed by atoms with van der Waals surface area (Å²) < 4.78 is 6.71. The first-order chi connectivity index (χ1) is 12.1. The molecule has 2 atom stereocenters. The van der Waals surface area contributed by atoms with Crippen LogP contribution in [0.3, 0.4) is 0 Å². The summed E-state index contributed by atoms with van der Waals surface area (Å²) in [4.78, 5) is 25.9. The van der Waals surface area contributed by atoms with Crippen molar-refractivity contribution in [3.05, 3.63) is 36.5 Å². The van der Waals surface area contributed by atoms with Gasteiger partial charge in [0, 0.05) is 30.3 Å². The lowest BCUT2D eigenvalue weighted by Gasteiger charge is -2.25. The fourth-order valence-electron chi connectivity index (χ4n) is 3.58. The highest BCUT2D eigenvalue weighted by molar-refractivity contribution is 5.83. The topological polar surface area (TPSA) is 63.6 Å². The number of fused-ring (bicyclic) bond motifs is 1. The first kappa shape index (κ1) is 17.5. The molecule has 0 aliphatic carbocycles. The van der Waals surface area contributed by atoms with E-state index in [0.29, 0.717) is 19.5 Å². The van der Waals surface area contributed by atoms with Crippen LogP contribution in [0.4, 0.5) is 0 Å². The number of nitrogens with one attached hydrogen (secondary N) is 1. The van der Waals surface area contributed by atoms with E-state index in [1.807, 2.05) is 48.1 Å². The van der Waals surface area contributed by atoms with Crippen LogP contribution in [0.15, 0.2) is 36.5 Å². The minimum atomic E-state index is -0.180. The van der Waals surface area contributed by atoms with Gasteiger partial charge in [-0.1, -0.05) is 18.2 Å². The van der Waals surface area contributed by atoms with Crippen molar-refractivity contribution < 1.29 is 14.3 Å². The lowest BCUT2D eigenvalue weighted by Crippen LogP contribution is -2.42. The summed E-state index contributed by atoms with van der Waals surface area (Å²) in [6.07, 6.45) is 4.28. The third kappa shape index (κ3) is 4.02. The molecule has 0 spiro atoms. The maximum absolute atomic E-state index is 12.3. The summed E-state index contributed by atoms with van der Waals surface area (Å²) in [5.41, 5.74) is 1.06. The van der Waals surface area contributed by atoms with Crippen LogP contribution in [0, 0.1) is 0 Å². The molecule has 1 aromatic carbocycles. The Bertz CT molecular complexity index is 755. The number of likely N-dealkylation sites (N-methyl/N-ethyl adjacent to an activating group) is 1. The average Bonchev–Trinajstić information content (AvgIpc) is 3.18. The van der Waals surface area contributed by atoms with Crippen molar-refractivity contribution in [2.75, 3.05) is 20.7 Å². The van der Waals surface area contributed by atoms with Crippen LogP contribution in [0.5, 0.6) is 0 Å². The van der Waals surface area contributed by atoms with Gasteiger partial charge in [-0.2, -0.15) is 0 Å². The van der Waals surface area contributed by atoms with Crippen LogP contribution in [0.2, 0.25) is 0 Å². The lowest BCUT2D eigenvalue weighted by molar-refractivity contribution is -0.141. The molecule has 1 aliphatic heterocycles. The quantitative estimate of drug-likeness (QED) is 0.812. The Kier molecular flexibility index (Phi) is 5.38. The highest BCUT2D eigenvalue weighted by atomic mass is 16.5. The van der Waals surface area contributed by atoms with Gasteiger partial charge in [-0.15, -0.1) is 0 Å². The standard InChI is InChI=1S/C19H25N3O3/c1-21-15(11-19(24)25-2)7-8-16(21)12-20-18(23)13-22-10-9-14-5-3-4-6-17(14)22/h3-6,9-10,15-16H,7-8,11-13H2,1-2H3,(H,20,23)/t15-,16+/m1/s1. The number of para-hydroxylation sites is 1. The smallest absolute Gasteiger partial charge is 0.307 e. The van der Waals surface area contributed by atoms with Gasteiger partial charge in [0.25, 0.3) is 0 Å². The Morgan fingerprint density at radius 2 is 1.96 bits per heavy atom. The van der Waals surface area contributed by atoms with E-state index in [2.05, 4.69) is 10.2 Å². The number of carbonyl (C=O) groups is 2. The molecule has 2 aromatic rings. The SMILES string of the molecule is COC(=O)C[C@H]1CC[C@@H](CNC(=O)Cn2ccc3ccccc32)N1C. The number of hydrogen-bond acceptors (Lipinski definition) is 4. The highest BCUT2D eigenvalue weighted by Crippen LogP contribution is 2.24. The molecule has 0 unspecified atom stereocenters. The second-order valence-electron chi connectivity index (χ2n) is 6.64. The molecule has 6 nitrogen and oxygen atoms in total. The predicted molar refractivity (Wildman–Crippen MR) is 96.2 cm³/mol. The molecule has 1 aliphatic rings. The Morgan fingerprint density at radius 1 is 1.20 bits per heavy atom. The number of amides is 1. The number of esters is 1. The van der Waals surface area contributed by atoms with Crippen molar-refractivity contribution in [2.24, 2.45) is 0 Å². The van der Waals surface area contributed by atoms with Crippen LogP contribution >= 0.6 is 0 Å². The largest absolute Gasteiger partial charge is 0.469 e. The van der Waals surface area contributed by atoms with Crippen LogP contribution in [-0.2, 0) is 20.9 Å². The number of hydrogen-bond donors (Lipinski definition) is 1. The van der Waals surface area contributed by atoms with Crippen LogP contribution in [0.25, 0.3) is 10.9 Å². The fraction of sp³-hybridized carbons (Fsp3) is 0.474. The van der Waals surface area contributed by atoms with E-state index >= 15 is 0 Å². The molecule has 2 heterocycles. The molecule has 1 N–H and O–H groups in total. The Hall–Kier alpha value is -2.34. The normalized spacial score (nSPS) is 20.7. The van der Waals surface area contributed by atoms with Crippen LogP contribution in [-0.4, -0.2) is 54.1 Å². The second kappa shape index (κ2) is 7.70. The molecule has 1 saturated heterocycles. The molecule has 25 heavy (non-hydrogen) atoms. The van der Waals surface area contributed by atoms with Gasteiger partial charge in [-0.25, -0.2) is 0 Å². The number of nitrogens with zero attached hydrogens (tertiary/aromatic N) is 2. The summed E-state index contributed by atoms with van der Waals surface area (Å²) in [7, 11) is 3.43. The van der Waals surface area contributed by atoms with Gasteiger partial charge >= 0.3 is 5.97 Å². The van der Waals surface area contributed by atoms with Gasteiger partial charge in [0.2, 0.25) is 5.91 Å². The maximum Gasteiger partial charge on any atom is 0.307 e. The van der Waals surface area contributed by atoms with Gasteiger partial charge in [-0.05, 0) is 37.4 Å². The molecule has 0 bridgehead atoms. The molecule has 3 rings (SSSR count). The maximum atomic E-state index is 12.3. The summed E-state index contributed by atoms with van der Waals surface area (Å²) >= 11 is 0. The highest BCUT2D eigenvalue weighted by Gasteiger charge is 2.32. The van der Waals surface area contributed by atoms with Crippen molar-refractivity contribution >= 4 is 22.8 Å². The molecular weight excluding hydrogens is 318 g/mol. The van der Waals surface area contributed by atoms with Gasteiger partial charge in [0.1, 0.15) is 6.54 Å². The fourth-order valence-corrected chi connectivity index (χ4v) is 3.58. The number of likely N-dealkylation sites (tertiary alicyclic amines) is 1. The monoisotopic (exact) mass is 343 g/mol. The zero-order valence-electron chi connectivity index (χ0n) is 14.8. The van der Waals surface area contributed by atoms with E-state index in [0.717, 1.165) is 23.7 Å². The van der Waals surface area contributed by atoms with Crippen molar-refractivity contribution in [2.45, 2.75) is 37.9 Å². The number of methoxy groups -OCH3 is 1. The molecule has 0 saturated carbocycles. The molecule has 1 amide bonds. The van der Waals surface area contributed by atoms with E-state index in [9.17, 15) is 9.59 Å². The minimum Gasteiger partial charge on any atom is -0.469 e. The van der Waals surface area contributed by atoms with E-state index in [1.54, 1.807) is 0 Å². The summed E-state index contributed by atoms with van der Waals surface area (Å²) in [6, 6.07) is 10.5. The summed E-state index contributed by atoms with van der Waals surface area (Å²) in [6.45, 7) is 0.918. The van der Waals surface area contributed by atoms with Crippen LogP contribution < -0.4 is 5.32 Å². The molecular formula is C19H25N3O3. The first-order valence-electron chi connectivity index (χ1n) is 8.68. The molecule has 6 heteroatoms. The zero-order valence-corrected chi connectivity index (χ0v) is 14.8. The number of ether oxygens (including phenoxy) is 1. The first-order valence-corrected chi connectivity index (χ1v) is 8.68. The van der Waals surface area contributed by atoms with Crippen molar-refractivity contribution in [1.82, 2.24) is 14.8 Å². The molecule has 134 valence electrons. The molecule has 0 radical (unpaired) electrons. The number of aromatic nitrogens is 1. The van der Waals surface area contributed by atoms with Gasteiger partial charge in [-0.3, -0.25) is 14.5 Å². The summed E-state index contributed by atoms with van der Waals surface area (Å²) in [5, 5.41) is 4.16. The van der Waals surface area contributed by atoms with E-state index in [1.165, 1.54) is 7.11 Å². The van der Waals surface area contributed by atoms with E-state index < -0.39 is 0 Å². The van der Waals surface area contributed by atoms with Crippen molar-refractivity contribution in [3.63, 3.8) is 0 Å². The number of carbonyl (C=O) groups excluding carboxylic acids is 2. The third-order valence-corrected chi connectivity index (χ3v) is 5.14. The Labute approximate surface area is 147 Å². The lowest BCUT2D eigenvalue weighted by atomic mass is 10.1. The molecule has 1 fully saturated rings. The zero-order chi connectivity index (χ0) is 17.8. The second-order valence-corrected chi connectivity index (χ2v) is 6.64. The van der Waals surface area contributed by atoms with E-state index in [-0.39, 0.29) is 24.0 Å². The van der Waals surface area contributed by atoms with Crippen molar-refractivity contribution in [3.8, 4) is 0 Å². The summed E-state index contributed by atoms with van der Waals surface area (Å²) in [5.74, 6) is -0.174. The van der Waals surface area contributed by atoms with Crippen molar-refractivity contribution in [1.29, 1.82) is 0 Å².